The van der Waals surface area contributed by atoms with Gasteiger partial charge in [-0.3, -0.25) is 4.79 Å². The highest BCUT2D eigenvalue weighted by Crippen LogP contribution is 2.27. The summed E-state index contributed by atoms with van der Waals surface area (Å²) in [7, 11) is 0. The first-order valence-corrected chi connectivity index (χ1v) is 7.77. The number of aromatic nitrogens is 1. The molecular weight excluding hydrogens is 269 g/mol. The first-order valence-electron chi connectivity index (χ1n) is 7.77. The molecule has 0 bridgehead atoms. The normalized spacial score (nSPS) is 21.9. The Labute approximate surface area is 125 Å². The summed E-state index contributed by atoms with van der Waals surface area (Å²) in [6.45, 7) is 5.49. The Hall–Kier alpha value is -1.65. The monoisotopic (exact) mass is 293 g/mol. The standard InChI is InChI=1S/C16H24FN3O/c1-3-18-15-14(8-13(17)10-19-15)16(21)20-9-12-6-4-11(2)5-7-12/h8,10-12H,3-7,9H2,1-2H3,(H,18,19)(H,20,21). The topological polar surface area (TPSA) is 54.0 Å². The van der Waals surface area contributed by atoms with Crippen molar-refractivity contribution in [2.24, 2.45) is 11.8 Å². The van der Waals surface area contributed by atoms with Gasteiger partial charge in [-0.2, -0.15) is 0 Å². The van der Waals surface area contributed by atoms with Crippen molar-refractivity contribution in [2.75, 3.05) is 18.4 Å². The molecule has 1 fully saturated rings. The second-order valence-electron chi connectivity index (χ2n) is 5.92. The lowest BCUT2D eigenvalue weighted by Crippen LogP contribution is -2.31. The maximum Gasteiger partial charge on any atom is 0.255 e. The lowest BCUT2D eigenvalue weighted by molar-refractivity contribution is 0.0942. The third kappa shape index (κ3) is 4.41. The van der Waals surface area contributed by atoms with E-state index in [-0.39, 0.29) is 11.5 Å². The average Bonchev–Trinajstić information content (AvgIpc) is 2.48. The molecule has 1 heterocycles. The summed E-state index contributed by atoms with van der Waals surface area (Å²) in [5.41, 5.74) is 0.279. The minimum Gasteiger partial charge on any atom is -0.370 e. The summed E-state index contributed by atoms with van der Waals surface area (Å²) in [4.78, 5) is 16.2. The second-order valence-corrected chi connectivity index (χ2v) is 5.92. The van der Waals surface area contributed by atoms with E-state index in [0.29, 0.717) is 24.8 Å². The molecule has 0 spiro atoms. The summed E-state index contributed by atoms with van der Waals surface area (Å²) in [6, 6.07) is 1.24. The molecule has 21 heavy (non-hydrogen) atoms. The highest BCUT2D eigenvalue weighted by Gasteiger charge is 2.20. The number of halogens is 1. The Morgan fingerprint density at radius 2 is 2.10 bits per heavy atom. The van der Waals surface area contributed by atoms with Crippen molar-refractivity contribution in [3.8, 4) is 0 Å². The molecule has 1 aromatic rings. The van der Waals surface area contributed by atoms with Gasteiger partial charge in [0.25, 0.3) is 5.91 Å². The van der Waals surface area contributed by atoms with Crippen molar-refractivity contribution in [1.29, 1.82) is 0 Å². The van der Waals surface area contributed by atoms with Crippen LogP contribution in [-0.2, 0) is 0 Å². The number of pyridine rings is 1. The van der Waals surface area contributed by atoms with E-state index in [9.17, 15) is 9.18 Å². The van der Waals surface area contributed by atoms with E-state index in [2.05, 4.69) is 22.5 Å². The van der Waals surface area contributed by atoms with Crippen LogP contribution in [0.25, 0.3) is 0 Å². The van der Waals surface area contributed by atoms with Crippen LogP contribution in [0.5, 0.6) is 0 Å². The number of anilines is 1. The molecule has 0 radical (unpaired) electrons. The molecule has 2 rings (SSSR count). The molecule has 5 heteroatoms. The van der Waals surface area contributed by atoms with Gasteiger partial charge >= 0.3 is 0 Å². The number of nitrogens with one attached hydrogen (secondary N) is 2. The molecular formula is C16H24FN3O. The number of amides is 1. The molecule has 1 amide bonds. The fourth-order valence-electron chi connectivity index (χ4n) is 2.79. The average molecular weight is 293 g/mol. The van der Waals surface area contributed by atoms with Crippen molar-refractivity contribution < 1.29 is 9.18 Å². The zero-order valence-corrected chi connectivity index (χ0v) is 12.8. The van der Waals surface area contributed by atoms with Crippen molar-refractivity contribution in [1.82, 2.24) is 10.3 Å². The molecule has 1 aliphatic rings. The zero-order valence-electron chi connectivity index (χ0n) is 12.8. The molecule has 2 N–H and O–H groups in total. The van der Waals surface area contributed by atoms with Crippen molar-refractivity contribution in [2.45, 2.75) is 39.5 Å². The molecule has 1 aromatic heterocycles. The van der Waals surface area contributed by atoms with Gasteiger partial charge in [-0.1, -0.05) is 19.8 Å². The van der Waals surface area contributed by atoms with Crippen molar-refractivity contribution in [3.05, 3.63) is 23.6 Å². The minimum absolute atomic E-state index is 0.253. The quantitative estimate of drug-likeness (QED) is 0.876. The summed E-state index contributed by atoms with van der Waals surface area (Å²) < 4.78 is 13.3. The Morgan fingerprint density at radius 1 is 1.38 bits per heavy atom. The van der Waals surface area contributed by atoms with E-state index >= 15 is 0 Å². The molecule has 0 aliphatic heterocycles. The van der Waals surface area contributed by atoms with Gasteiger partial charge in [0.1, 0.15) is 11.6 Å². The summed E-state index contributed by atoms with van der Waals surface area (Å²) >= 11 is 0. The predicted octanol–water partition coefficient (Wildman–Crippen LogP) is 3.21. The second kappa shape index (κ2) is 7.38. The van der Waals surface area contributed by atoms with Crippen LogP contribution in [-0.4, -0.2) is 24.0 Å². The first kappa shape index (κ1) is 15.7. The Balaban J connectivity index is 1.95. The Morgan fingerprint density at radius 3 is 2.76 bits per heavy atom. The van der Waals surface area contributed by atoms with Gasteiger partial charge < -0.3 is 10.6 Å². The lowest BCUT2D eigenvalue weighted by Gasteiger charge is -2.26. The SMILES string of the molecule is CCNc1ncc(F)cc1C(=O)NCC1CCC(C)CC1. The summed E-state index contributed by atoms with van der Waals surface area (Å²) in [6.07, 6.45) is 5.89. The number of nitrogens with zero attached hydrogens (tertiary/aromatic N) is 1. The highest BCUT2D eigenvalue weighted by atomic mass is 19.1. The molecule has 4 nitrogen and oxygen atoms in total. The van der Waals surface area contributed by atoms with E-state index < -0.39 is 5.82 Å². The van der Waals surface area contributed by atoms with E-state index in [1.165, 1.54) is 18.9 Å². The largest absolute Gasteiger partial charge is 0.370 e. The van der Waals surface area contributed by atoms with Crippen LogP contribution in [0.3, 0.4) is 0 Å². The van der Waals surface area contributed by atoms with Gasteiger partial charge in [-0.25, -0.2) is 9.37 Å². The number of carbonyl (C=O) groups is 1. The number of hydrogen-bond donors (Lipinski definition) is 2. The van der Waals surface area contributed by atoms with Gasteiger partial charge in [0.2, 0.25) is 0 Å². The zero-order chi connectivity index (χ0) is 15.2. The lowest BCUT2D eigenvalue weighted by atomic mass is 9.83. The molecule has 0 saturated heterocycles. The van der Waals surface area contributed by atoms with E-state index in [1.807, 2.05) is 6.92 Å². The van der Waals surface area contributed by atoms with Crippen molar-refractivity contribution in [3.63, 3.8) is 0 Å². The van der Waals surface area contributed by atoms with Crippen LogP contribution < -0.4 is 10.6 Å². The molecule has 1 saturated carbocycles. The van der Waals surface area contributed by atoms with Crippen molar-refractivity contribution >= 4 is 11.7 Å². The molecule has 1 aliphatic carbocycles. The maximum atomic E-state index is 13.3. The molecule has 0 aromatic carbocycles. The van der Waals surface area contributed by atoms with Gasteiger partial charge in [0, 0.05) is 13.1 Å². The Kier molecular flexibility index (Phi) is 5.53. The van der Waals surface area contributed by atoms with Crippen LogP contribution in [0.15, 0.2) is 12.3 Å². The minimum atomic E-state index is -0.492. The predicted molar refractivity (Wildman–Crippen MR) is 81.8 cm³/mol. The van der Waals surface area contributed by atoms with Crippen LogP contribution in [0, 0.1) is 17.7 Å². The number of rotatable bonds is 5. The maximum absolute atomic E-state index is 13.3. The van der Waals surface area contributed by atoms with E-state index in [4.69, 9.17) is 0 Å². The number of hydrogen-bond acceptors (Lipinski definition) is 3. The summed E-state index contributed by atoms with van der Waals surface area (Å²) in [5.74, 6) is 1.03. The van der Waals surface area contributed by atoms with Crippen LogP contribution in [0.4, 0.5) is 10.2 Å². The van der Waals surface area contributed by atoms with Gasteiger partial charge in [-0.05, 0) is 37.7 Å². The van der Waals surface area contributed by atoms with Crippen LogP contribution >= 0.6 is 0 Å². The first-order chi connectivity index (χ1) is 10.1. The molecule has 0 atom stereocenters. The third-order valence-electron chi connectivity index (χ3n) is 4.13. The van der Waals surface area contributed by atoms with E-state index in [1.54, 1.807) is 0 Å². The fraction of sp³-hybridized carbons (Fsp3) is 0.625. The smallest absolute Gasteiger partial charge is 0.255 e. The summed E-state index contributed by atoms with van der Waals surface area (Å²) in [5, 5.41) is 5.91. The molecule has 116 valence electrons. The number of carbonyl (C=O) groups excluding carboxylic acids is 1. The van der Waals surface area contributed by atoms with Gasteiger partial charge in [-0.15, -0.1) is 0 Å². The third-order valence-corrected chi connectivity index (χ3v) is 4.13. The van der Waals surface area contributed by atoms with Gasteiger partial charge in [0.05, 0.1) is 11.8 Å². The van der Waals surface area contributed by atoms with Crippen LogP contribution in [0.2, 0.25) is 0 Å². The van der Waals surface area contributed by atoms with Crippen LogP contribution in [0.1, 0.15) is 49.9 Å². The van der Waals surface area contributed by atoms with Gasteiger partial charge in [0.15, 0.2) is 0 Å². The fourth-order valence-corrected chi connectivity index (χ4v) is 2.79. The highest BCUT2D eigenvalue weighted by molar-refractivity contribution is 5.98. The van der Waals surface area contributed by atoms with E-state index in [0.717, 1.165) is 25.0 Å². The Bertz CT molecular complexity index is 484. The molecule has 0 unspecified atom stereocenters.